The lowest BCUT2D eigenvalue weighted by atomic mass is 9.79. The average molecular weight is 320 g/mol. The van der Waals surface area contributed by atoms with Gasteiger partial charge < -0.3 is 26.8 Å². The molecular weight excluding hydrogens is 296 g/mol. The third-order valence-electron chi connectivity index (χ3n) is 4.35. The summed E-state index contributed by atoms with van der Waals surface area (Å²) in [7, 11) is 0. The topological polar surface area (TPSA) is 119 Å². The van der Waals surface area contributed by atoms with Crippen molar-refractivity contribution in [3.8, 4) is 0 Å². The lowest BCUT2D eigenvalue weighted by Crippen LogP contribution is -2.49. The van der Waals surface area contributed by atoms with Crippen molar-refractivity contribution in [2.45, 2.75) is 25.8 Å². The van der Waals surface area contributed by atoms with E-state index in [4.69, 9.17) is 16.2 Å². The van der Waals surface area contributed by atoms with Gasteiger partial charge in [0, 0.05) is 25.4 Å². The highest BCUT2D eigenvalue weighted by Crippen LogP contribution is 2.30. The van der Waals surface area contributed by atoms with Gasteiger partial charge in [0.05, 0.1) is 11.5 Å². The number of benzene rings is 1. The van der Waals surface area contributed by atoms with E-state index in [1.807, 2.05) is 19.1 Å². The van der Waals surface area contributed by atoms with E-state index in [2.05, 4.69) is 10.6 Å². The minimum absolute atomic E-state index is 0.0323. The minimum Gasteiger partial charge on any atom is -0.381 e. The average Bonchev–Trinajstić information content (AvgIpc) is 2.55. The second-order valence-corrected chi connectivity index (χ2v) is 5.90. The number of hydrogen-bond donors (Lipinski definition) is 4. The number of amides is 3. The molecule has 3 amide bonds. The van der Waals surface area contributed by atoms with Crippen LogP contribution < -0.4 is 22.1 Å². The smallest absolute Gasteiger partial charge is 0.316 e. The predicted molar refractivity (Wildman–Crippen MR) is 87.7 cm³/mol. The molecule has 23 heavy (non-hydrogen) atoms. The molecule has 1 saturated heterocycles. The molecule has 0 saturated carbocycles. The summed E-state index contributed by atoms with van der Waals surface area (Å²) in [6.45, 7) is 3.35. The monoisotopic (exact) mass is 320 g/mol. The van der Waals surface area contributed by atoms with E-state index in [9.17, 15) is 9.59 Å². The first kappa shape index (κ1) is 17.2. The Morgan fingerprint density at radius 1 is 1.26 bits per heavy atom. The highest BCUT2D eigenvalue weighted by Gasteiger charge is 2.39. The predicted octanol–water partition coefficient (Wildman–Crippen LogP) is 1.11. The number of carbonyl (C=O) groups is 2. The van der Waals surface area contributed by atoms with Crippen LogP contribution in [0.1, 0.15) is 31.4 Å². The number of carbonyl (C=O) groups excluding carboxylic acids is 2. The van der Waals surface area contributed by atoms with Crippen LogP contribution in [-0.4, -0.2) is 31.7 Å². The number of hydrogen-bond acceptors (Lipinski definition) is 4. The molecule has 6 N–H and O–H groups in total. The first-order valence-electron chi connectivity index (χ1n) is 7.72. The van der Waals surface area contributed by atoms with Crippen molar-refractivity contribution in [2.24, 2.45) is 16.9 Å². The Morgan fingerprint density at radius 2 is 1.87 bits per heavy atom. The van der Waals surface area contributed by atoms with Crippen LogP contribution in [0.5, 0.6) is 0 Å². The summed E-state index contributed by atoms with van der Waals surface area (Å²) in [5.74, 6) is -0.0323. The maximum atomic E-state index is 12.6. The summed E-state index contributed by atoms with van der Waals surface area (Å²) < 4.78 is 5.33. The Kier molecular flexibility index (Phi) is 5.57. The third-order valence-corrected chi connectivity index (χ3v) is 4.35. The van der Waals surface area contributed by atoms with Crippen molar-refractivity contribution < 1.29 is 14.3 Å². The molecular formula is C16H24N4O3. The number of ether oxygens (including phenoxy) is 1. The van der Waals surface area contributed by atoms with E-state index < -0.39 is 11.4 Å². The Labute approximate surface area is 135 Å². The maximum Gasteiger partial charge on any atom is 0.316 e. The van der Waals surface area contributed by atoms with Crippen LogP contribution in [0.4, 0.5) is 10.5 Å². The van der Waals surface area contributed by atoms with Gasteiger partial charge in [-0.15, -0.1) is 0 Å². The molecule has 0 radical (unpaired) electrons. The van der Waals surface area contributed by atoms with Crippen LogP contribution in [0.3, 0.4) is 0 Å². The van der Waals surface area contributed by atoms with Crippen LogP contribution in [-0.2, 0) is 9.53 Å². The molecule has 0 spiro atoms. The zero-order chi connectivity index (χ0) is 16.9. The van der Waals surface area contributed by atoms with Crippen molar-refractivity contribution in [3.63, 3.8) is 0 Å². The molecule has 0 bridgehead atoms. The molecule has 1 atom stereocenters. The lowest BCUT2D eigenvalue weighted by molar-refractivity contribution is -0.136. The van der Waals surface area contributed by atoms with Gasteiger partial charge in [0.2, 0.25) is 5.91 Å². The maximum absolute atomic E-state index is 12.6. The number of rotatable bonds is 5. The van der Waals surface area contributed by atoms with Crippen molar-refractivity contribution in [2.75, 3.05) is 25.1 Å². The summed E-state index contributed by atoms with van der Waals surface area (Å²) >= 11 is 0. The number of nitrogens with two attached hydrogens (primary N) is 2. The molecule has 1 aromatic carbocycles. The number of nitrogens with one attached hydrogen (secondary N) is 2. The van der Waals surface area contributed by atoms with Gasteiger partial charge in [-0.3, -0.25) is 4.79 Å². The molecule has 0 aliphatic carbocycles. The molecule has 0 aromatic heterocycles. The van der Waals surface area contributed by atoms with E-state index in [0.29, 0.717) is 38.3 Å². The quantitative estimate of drug-likeness (QED) is 0.649. The van der Waals surface area contributed by atoms with Gasteiger partial charge in [0.1, 0.15) is 0 Å². The van der Waals surface area contributed by atoms with Crippen molar-refractivity contribution in [3.05, 3.63) is 29.8 Å². The molecule has 1 aliphatic heterocycles. The summed E-state index contributed by atoms with van der Waals surface area (Å²) in [5, 5.41) is 5.53. The molecule has 1 aliphatic rings. The van der Waals surface area contributed by atoms with Gasteiger partial charge in [0.25, 0.3) is 0 Å². The highest BCUT2D eigenvalue weighted by molar-refractivity contribution is 5.87. The fraction of sp³-hybridized carbons (Fsp3) is 0.500. The largest absolute Gasteiger partial charge is 0.381 e. The first-order valence-corrected chi connectivity index (χ1v) is 7.72. The van der Waals surface area contributed by atoms with Gasteiger partial charge in [-0.2, -0.15) is 0 Å². The van der Waals surface area contributed by atoms with Gasteiger partial charge in [0.15, 0.2) is 0 Å². The van der Waals surface area contributed by atoms with E-state index in [-0.39, 0.29) is 11.9 Å². The van der Waals surface area contributed by atoms with E-state index in [1.54, 1.807) is 12.1 Å². The molecule has 1 heterocycles. The Balaban J connectivity index is 2.01. The highest BCUT2D eigenvalue weighted by atomic mass is 16.5. The summed E-state index contributed by atoms with van der Waals surface area (Å²) in [5.41, 5.74) is 11.9. The molecule has 1 aromatic rings. The SMILES string of the molecule is CC(NC(=O)C1(CN)CCOCC1)c1ccc(NC(N)=O)cc1. The molecule has 7 nitrogen and oxygen atoms in total. The molecule has 1 fully saturated rings. The van der Waals surface area contributed by atoms with Crippen LogP contribution in [0.15, 0.2) is 24.3 Å². The van der Waals surface area contributed by atoms with Crippen molar-refractivity contribution >= 4 is 17.6 Å². The summed E-state index contributed by atoms with van der Waals surface area (Å²) in [6.07, 6.45) is 1.28. The van der Waals surface area contributed by atoms with Crippen LogP contribution in [0, 0.1) is 5.41 Å². The Hall–Kier alpha value is -2.12. The standard InChI is InChI=1S/C16H24N4O3/c1-11(12-2-4-13(5-3-12)20-15(18)22)19-14(21)16(10-17)6-8-23-9-7-16/h2-5,11H,6-10,17H2,1H3,(H,19,21)(H3,18,20,22). The van der Waals surface area contributed by atoms with E-state index in [0.717, 1.165) is 5.56 Å². The Bertz CT molecular complexity index is 553. The number of primary amides is 1. The lowest BCUT2D eigenvalue weighted by Gasteiger charge is -2.35. The zero-order valence-electron chi connectivity index (χ0n) is 13.3. The number of anilines is 1. The normalized spacial score (nSPS) is 18.0. The van der Waals surface area contributed by atoms with E-state index >= 15 is 0 Å². The number of urea groups is 1. The summed E-state index contributed by atoms with van der Waals surface area (Å²) in [4.78, 5) is 23.4. The zero-order valence-corrected chi connectivity index (χ0v) is 13.3. The minimum atomic E-state index is -0.608. The molecule has 126 valence electrons. The second kappa shape index (κ2) is 7.43. The van der Waals surface area contributed by atoms with Gasteiger partial charge in [-0.05, 0) is 37.5 Å². The fourth-order valence-corrected chi connectivity index (χ4v) is 2.72. The Morgan fingerprint density at radius 3 is 2.39 bits per heavy atom. The van der Waals surface area contributed by atoms with Gasteiger partial charge in [-0.1, -0.05) is 12.1 Å². The fourth-order valence-electron chi connectivity index (χ4n) is 2.72. The second-order valence-electron chi connectivity index (χ2n) is 5.90. The molecule has 7 heteroatoms. The van der Waals surface area contributed by atoms with E-state index in [1.165, 1.54) is 0 Å². The first-order chi connectivity index (χ1) is 11.0. The van der Waals surface area contributed by atoms with Gasteiger partial charge >= 0.3 is 6.03 Å². The van der Waals surface area contributed by atoms with Crippen LogP contribution in [0.25, 0.3) is 0 Å². The third kappa shape index (κ3) is 4.20. The van der Waals surface area contributed by atoms with Crippen molar-refractivity contribution in [1.29, 1.82) is 0 Å². The molecule has 2 rings (SSSR count). The van der Waals surface area contributed by atoms with Gasteiger partial charge in [-0.25, -0.2) is 4.79 Å². The van der Waals surface area contributed by atoms with Crippen LogP contribution in [0.2, 0.25) is 0 Å². The summed E-state index contributed by atoms with van der Waals surface area (Å²) in [6, 6.07) is 6.41. The van der Waals surface area contributed by atoms with Crippen molar-refractivity contribution in [1.82, 2.24) is 5.32 Å². The molecule has 1 unspecified atom stereocenters. The van der Waals surface area contributed by atoms with Crippen LogP contribution >= 0.6 is 0 Å².